The second kappa shape index (κ2) is 32.6. The number of likely N-dealkylation sites (tertiary alicyclic amines) is 1. The number of para-hydroxylation sites is 2. The molecule has 3 fully saturated rings. The van der Waals surface area contributed by atoms with Crippen LogP contribution in [0.1, 0.15) is 127 Å². The molecule has 18 rings (SSSR count). The van der Waals surface area contributed by atoms with Crippen molar-refractivity contribution in [3.8, 4) is 34.0 Å². The summed E-state index contributed by atoms with van der Waals surface area (Å²) in [4.78, 5) is 78.4. The van der Waals surface area contributed by atoms with E-state index in [2.05, 4.69) is 130 Å². The Morgan fingerprint density at radius 3 is 1.59 bits per heavy atom. The van der Waals surface area contributed by atoms with Crippen molar-refractivity contribution in [2.75, 3.05) is 43.4 Å². The zero-order valence-corrected chi connectivity index (χ0v) is 63.9. The summed E-state index contributed by atoms with van der Waals surface area (Å²) in [5, 5.41) is 8.09. The van der Waals surface area contributed by atoms with Gasteiger partial charge in [-0.25, -0.2) is 44.1 Å². The Labute approximate surface area is 657 Å². The predicted molar refractivity (Wildman–Crippen MR) is 436 cm³/mol. The molecule has 9 aromatic heterocycles. The molecule has 3 aliphatic carbocycles. The van der Waals surface area contributed by atoms with Crippen molar-refractivity contribution in [2.45, 2.75) is 108 Å². The van der Waals surface area contributed by atoms with Crippen LogP contribution in [0, 0.1) is 17.7 Å². The number of rotatable bonds is 16. The van der Waals surface area contributed by atoms with Gasteiger partial charge in [0.25, 0.3) is 0 Å². The maximum Gasteiger partial charge on any atom is 0.410 e. The molecule has 4 aliphatic rings. The van der Waals surface area contributed by atoms with Gasteiger partial charge < -0.3 is 47.4 Å². The minimum Gasteiger partial charge on any atom is -0.445 e. The van der Waals surface area contributed by atoms with E-state index in [4.69, 9.17) is 60.1 Å². The monoisotopic (exact) mass is 1590 g/mol. The van der Waals surface area contributed by atoms with Gasteiger partial charge in [0, 0.05) is 119 Å². The Morgan fingerprint density at radius 1 is 0.541 bits per heavy atom. The number of nitrogens with one attached hydrogen (secondary N) is 4. The molecule has 0 spiro atoms. The van der Waals surface area contributed by atoms with Crippen LogP contribution >= 0.6 is 39.1 Å². The van der Waals surface area contributed by atoms with E-state index in [1.165, 1.54) is 11.1 Å². The maximum atomic E-state index is 13.7. The van der Waals surface area contributed by atoms with Crippen molar-refractivity contribution in [3.63, 3.8) is 0 Å². The smallest absolute Gasteiger partial charge is 0.410 e. The summed E-state index contributed by atoms with van der Waals surface area (Å²) in [7, 11) is 0. The number of imidazole rings is 3. The Morgan fingerprint density at radius 2 is 1.05 bits per heavy atom. The van der Waals surface area contributed by atoms with Gasteiger partial charge >= 0.3 is 6.09 Å². The van der Waals surface area contributed by atoms with Gasteiger partial charge in [-0.3, -0.25) is 22.8 Å². The quantitative estimate of drug-likeness (QED) is 0.0443. The number of H-pyrrole nitrogens is 2. The number of nitrogens with two attached hydrogens (primary N) is 3. The van der Waals surface area contributed by atoms with Gasteiger partial charge in [-0.1, -0.05) is 142 Å². The van der Waals surface area contributed by atoms with E-state index in [-0.39, 0.29) is 53.1 Å². The highest BCUT2D eigenvalue weighted by Gasteiger charge is 2.33. The van der Waals surface area contributed by atoms with Crippen molar-refractivity contribution in [1.29, 1.82) is 0 Å². The first kappa shape index (κ1) is 73.7. The molecule has 0 unspecified atom stereocenters. The largest absolute Gasteiger partial charge is 0.445 e. The number of aromatic amines is 2. The number of benzene rings is 5. The lowest BCUT2D eigenvalue weighted by Crippen LogP contribution is -2.38. The van der Waals surface area contributed by atoms with E-state index < -0.39 is 5.82 Å². The van der Waals surface area contributed by atoms with E-state index in [9.17, 15) is 18.8 Å². The number of nitrogens with zero attached hydrogens (tertiary/aromatic N) is 11. The number of aromatic nitrogens is 12. The van der Waals surface area contributed by atoms with E-state index in [1.807, 2.05) is 104 Å². The van der Waals surface area contributed by atoms with Crippen molar-refractivity contribution >= 4 is 119 Å². The molecule has 10 N–H and O–H groups in total. The summed E-state index contributed by atoms with van der Waals surface area (Å²) in [6.07, 6.45) is 25.9. The fraction of sp³-hybridized carbons (Fsp3) is 0.271. The average Bonchev–Trinajstić information content (AvgIpc) is 1.62. The first-order valence-electron chi connectivity index (χ1n) is 37.7. The fourth-order valence-corrected chi connectivity index (χ4v) is 17.0. The first-order chi connectivity index (χ1) is 54.1. The molecule has 111 heavy (non-hydrogen) atoms. The molecule has 2 saturated carbocycles. The number of carbonyl (C=O) groups is 3. The van der Waals surface area contributed by atoms with Crippen molar-refractivity contribution in [1.82, 2.24) is 73.6 Å². The number of ether oxygens (including phenoxy) is 1. The number of amides is 3. The van der Waals surface area contributed by atoms with Crippen LogP contribution in [0.4, 0.5) is 26.6 Å². The average molecular weight is 1590 g/mol. The van der Waals surface area contributed by atoms with E-state index in [0.29, 0.717) is 66.8 Å². The van der Waals surface area contributed by atoms with Crippen LogP contribution in [0.2, 0.25) is 10.3 Å². The third kappa shape index (κ3) is 16.1. The Bertz CT molecular complexity index is 5750. The number of halogens is 4. The maximum absolute atomic E-state index is 13.7. The molecule has 0 radical (unpaired) electrons. The lowest BCUT2D eigenvalue weighted by molar-refractivity contribution is -0.121. The van der Waals surface area contributed by atoms with E-state index in [1.54, 1.807) is 23.5 Å². The summed E-state index contributed by atoms with van der Waals surface area (Å²) in [6.45, 7) is 2.82. The van der Waals surface area contributed by atoms with Crippen molar-refractivity contribution in [3.05, 3.63) is 249 Å². The van der Waals surface area contributed by atoms with Crippen molar-refractivity contribution in [2.24, 2.45) is 11.8 Å². The molecular weight excluding hydrogens is 1510 g/mol. The summed E-state index contributed by atoms with van der Waals surface area (Å²) in [6, 6.07) is 45.8. The number of hydrogen-bond donors (Lipinski definition) is 7. The number of anilines is 3. The summed E-state index contributed by atoms with van der Waals surface area (Å²) in [5.41, 5.74) is 33.9. The van der Waals surface area contributed by atoms with Crippen LogP contribution in [0.25, 0.3) is 78.5 Å². The molecule has 0 bridgehead atoms. The molecule has 22 nitrogen and oxygen atoms in total. The topological polar surface area (TPSA) is 301 Å². The second-order valence-electron chi connectivity index (χ2n) is 29.1. The number of hydrogen-bond acceptors (Lipinski definition) is 14. The summed E-state index contributed by atoms with van der Waals surface area (Å²) >= 11 is 15.1. The predicted octanol–water partition coefficient (Wildman–Crippen LogP) is 16.9. The van der Waals surface area contributed by atoms with Crippen LogP contribution in [-0.4, -0.2) is 107 Å². The molecule has 14 aromatic rings. The molecule has 26 heteroatoms. The van der Waals surface area contributed by atoms with Crippen LogP contribution in [0.5, 0.6) is 0 Å². The number of fused-ring (bicyclic) bond motifs is 6. The fourth-order valence-electron chi connectivity index (χ4n) is 16.1. The summed E-state index contributed by atoms with van der Waals surface area (Å²) in [5.74, 6) is 5.15. The highest BCUT2D eigenvalue weighted by atomic mass is 79.9. The lowest BCUT2D eigenvalue weighted by Gasteiger charge is -2.30. The van der Waals surface area contributed by atoms with Crippen LogP contribution in [-0.2, 0) is 40.2 Å². The number of pyridine rings is 1. The molecule has 564 valence electrons. The van der Waals surface area contributed by atoms with Crippen molar-refractivity contribution < 1.29 is 23.5 Å². The Hall–Kier alpha value is -11.5. The Kier molecular flexibility index (Phi) is 21.6. The van der Waals surface area contributed by atoms with Gasteiger partial charge in [0.05, 0.1) is 24.2 Å². The second-order valence-corrected chi connectivity index (χ2v) is 30.8. The van der Waals surface area contributed by atoms with Gasteiger partial charge in [-0.15, -0.1) is 0 Å². The molecule has 5 aromatic carbocycles. The van der Waals surface area contributed by atoms with Crippen LogP contribution in [0.15, 0.2) is 187 Å². The standard InChI is InChI=1S/C29H29BrN6O.C28H26Cl2FN7O.C28H27N5O2/c30-22-6-3-4-19(14-22)15-25(37)33-17-18-8-10-20(11-9-18)29-35-26(27-28(31)32-12-13-36(27)29)24-16-21-5-1-2-7-23(21)34-24;29-25-18(11-19(31)26(30)37-25)13-22(39)34-14-15-5-7-16(8-6-15)28-36-23(24-27(32)33-9-10-38(24)28)21-12-17-3-1-2-4-20(17)35-21;29-26-25-24(23-10-9-20-7-4-8-22(20)17-23)31-27(33(25)16-13-30-26)21-11-14-32(15-12-21)28(34)35-18-19-5-2-1-3-6-19/h1-7,12-14,16,18,20,34H,8-11,15,17H2,(H2,31,32)(H,33,37);1-4,9-12,15-16,35H,5-8,13-14H2,(H2,32,33)(H,34,39);1-6,8-10,13,16-17,21H,7,11-12,14-15,18H2,(H2,29,30). The van der Waals surface area contributed by atoms with Gasteiger partial charge in [0.1, 0.15) is 80.3 Å². The number of allylic oxidation sites excluding steroid dienone is 1. The molecule has 0 atom stereocenters. The lowest BCUT2D eigenvalue weighted by atomic mass is 9.81. The number of carbonyl (C=O) groups excluding carboxylic acids is 3. The minimum absolute atomic E-state index is 0.0339. The van der Waals surface area contributed by atoms with Crippen LogP contribution in [0.3, 0.4) is 0 Å². The highest BCUT2D eigenvalue weighted by Crippen LogP contribution is 2.42. The molecule has 1 aliphatic heterocycles. The zero-order chi connectivity index (χ0) is 76.2. The summed E-state index contributed by atoms with van der Waals surface area (Å²) < 4.78 is 26.5. The zero-order valence-electron chi connectivity index (χ0n) is 60.8. The van der Waals surface area contributed by atoms with Gasteiger partial charge in [-0.2, -0.15) is 0 Å². The van der Waals surface area contributed by atoms with E-state index in [0.717, 1.165) is 189 Å². The third-order valence-electron chi connectivity index (χ3n) is 21.9. The Balaban J connectivity index is 0.000000126. The van der Waals surface area contributed by atoms with Gasteiger partial charge in [0.2, 0.25) is 11.8 Å². The first-order valence-corrected chi connectivity index (χ1v) is 39.2. The van der Waals surface area contributed by atoms with Gasteiger partial charge in [0.15, 0.2) is 11.0 Å². The van der Waals surface area contributed by atoms with Gasteiger partial charge in [-0.05, 0) is 153 Å². The number of nitrogen functional groups attached to an aromatic ring is 3. The normalized spacial score (nSPS) is 17.0. The minimum atomic E-state index is -0.695. The molecule has 3 amide bonds. The van der Waals surface area contributed by atoms with Crippen LogP contribution < -0.4 is 27.8 Å². The number of piperidine rings is 1. The molecular formula is C85H82BrCl2FN18O4. The highest BCUT2D eigenvalue weighted by molar-refractivity contribution is 9.10. The molecule has 10 heterocycles. The molecule has 1 saturated heterocycles. The SMILES string of the molecule is Nc1nccn2c(C3CCC(CNC(=O)Cc4cc(F)c(Cl)nc4Cl)CC3)nc(-c3cc4ccccc4[nH]3)c12.Nc1nccn2c(C3CCC(CNC(=O)Cc4cccc(Br)c4)CC3)nc(-c3cc4ccccc4[nH]3)c12.Nc1nccn2c(C3CCN(C(=O)OCc4ccccc4)CC3)nc(-c3ccc4c(c3)C=CC4)c12. The van der Waals surface area contributed by atoms with E-state index >= 15 is 0 Å². The third-order valence-corrected chi connectivity index (χ3v) is 23.0.